The monoisotopic (exact) mass is 581 g/mol. The highest BCUT2D eigenvalue weighted by molar-refractivity contribution is 7.92. The van der Waals surface area contributed by atoms with E-state index in [2.05, 4.69) is 5.32 Å². The van der Waals surface area contributed by atoms with Gasteiger partial charge in [-0.3, -0.25) is 13.9 Å². The molecule has 220 valence electrons. The number of amides is 2. The normalized spacial score (nSPS) is 12.8. The third kappa shape index (κ3) is 9.14. The van der Waals surface area contributed by atoms with Gasteiger partial charge in [0.05, 0.1) is 11.9 Å². The van der Waals surface area contributed by atoms with Gasteiger partial charge in [-0.15, -0.1) is 0 Å². The lowest BCUT2D eigenvalue weighted by Gasteiger charge is -2.33. The van der Waals surface area contributed by atoms with E-state index in [1.807, 2.05) is 75.4 Å². The Kier molecular flexibility index (Phi) is 11.5. The van der Waals surface area contributed by atoms with Gasteiger partial charge in [0.1, 0.15) is 11.9 Å². The zero-order valence-electron chi connectivity index (χ0n) is 24.2. The lowest BCUT2D eigenvalue weighted by molar-refractivity contribution is -0.141. The number of para-hydroxylation sites is 1. The number of halogens is 1. The average Bonchev–Trinajstić information content (AvgIpc) is 2.94. The maximum Gasteiger partial charge on any atom is 0.243 e. The van der Waals surface area contributed by atoms with E-state index in [0.29, 0.717) is 6.42 Å². The van der Waals surface area contributed by atoms with E-state index >= 15 is 0 Å². The number of sulfonamides is 1. The van der Waals surface area contributed by atoms with Gasteiger partial charge in [0.15, 0.2) is 0 Å². The van der Waals surface area contributed by atoms with E-state index in [0.717, 1.165) is 33.7 Å². The molecule has 9 heteroatoms. The van der Waals surface area contributed by atoms with Crippen LogP contribution in [0.1, 0.15) is 49.8 Å². The molecule has 0 heterocycles. The van der Waals surface area contributed by atoms with Crippen molar-refractivity contribution in [3.63, 3.8) is 0 Å². The largest absolute Gasteiger partial charge is 0.352 e. The molecule has 1 N–H and O–H groups in total. The molecular formula is C32H40FN3O4S. The van der Waals surface area contributed by atoms with Crippen molar-refractivity contribution in [2.75, 3.05) is 17.1 Å². The van der Waals surface area contributed by atoms with Gasteiger partial charge in [0, 0.05) is 32.0 Å². The molecule has 0 spiro atoms. The van der Waals surface area contributed by atoms with Crippen LogP contribution in [0, 0.1) is 12.7 Å². The van der Waals surface area contributed by atoms with Crippen molar-refractivity contribution in [3.8, 4) is 0 Å². The number of rotatable bonds is 14. The average molecular weight is 582 g/mol. The lowest BCUT2D eigenvalue weighted by atomic mass is 10.0. The summed E-state index contributed by atoms with van der Waals surface area (Å²) in [7, 11) is -3.80. The van der Waals surface area contributed by atoms with Crippen molar-refractivity contribution in [1.82, 2.24) is 10.2 Å². The molecule has 41 heavy (non-hydrogen) atoms. The Hall–Kier alpha value is -3.72. The number of carbonyl (C=O) groups is 2. The molecule has 0 aromatic heterocycles. The molecule has 7 nitrogen and oxygen atoms in total. The van der Waals surface area contributed by atoms with Gasteiger partial charge in [-0.2, -0.15) is 0 Å². The van der Waals surface area contributed by atoms with Crippen molar-refractivity contribution in [1.29, 1.82) is 0 Å². The van der Waals surface area contributed by atoms with Gasteiger partial charge < -0.3 is 10.2 Å². The summed E-state index contributed by atoms with van der Waals surface area (Å²) in [5.41, 5.74) is 2.77. The van der Waals surface area contributed by atoms with Gasteiger partial charge in [-0.1, -0.05) is 73.7 Å². The zero-order valence-corrected chi connectivity index (χ0v) is 25.0. The summed E-state index contributed by atoms with van der Waals surface area (Å²) in [6, 6.07) is 22.1. The number of hydrogen-bond acceptors (Lipinski definition) is 4. The van der Waals surface area contributed by atoms with Crippen molar-refractivity contribution < 1.29 is 22.4 Å². The molecule has 0 aliphatic rings. The number of aryl methyl sites for hydroxylation is 1. The Morgan fingerprint density at radius 1 is 0.951 bits per heavy atom. The second-order valence-electron chi connectivity index (χ2n) is 10.4. The molecule has 3 aromatic carbocycles. The number of nitrogens with zero attached hydrogens (tertiary/aromatic N) is 2. The van der Waals surface area contributed by atoms with Crippen molar-refractivity contribution in [2.45, 2.75) is 65.1 Å². The molecule has 0 saturated carbocycles. The molecule has 3 aromatic rings. The zero-order chi connectivity index (χ0) is 30.0. The summed E-state index contributed by atoms with van der Waals surface area (Å²) in [6.07, 6.45) is 2.21. The molecule has 0 radical (unpaired) electrons. The minimum Gasteiger partial charge on any atom is -0.352 e. The van der Waals surface area contributed by atoms with E-state index in [4.69, 9.17) is 0 Å². The molecule has 2 atom stereocenters. The summed E-state index contributed by atoms with van der Waals surface area (Å²) in [5, 5.41) is 3.05. The first-order valence-corrected chi connectivity index (χ1v) is 15.8. The molecular weight excluding hydrogens is 541 g/mol. The molecule has 0 bridgehead atoms. The predicted molar refractivity (Wildman–Crippen MR) is 161 cm³/mol. The van der Waals surface area contributed by atoms with E-state index in [-0.39, 0.29) is 49.5 Å². The van der Waals surface area contributed by atoms with Crippen LogP contribution in [-0.4, -0.2) is 50.0 Å². The summed E-state index contributed by atoms with van der Waals surface area (Å²) in [5.74, 6) is -1.18. The van der Waals surface area contributed by atoms with E-state index in [1.165, 1.54) is 18.2 Å². The number of nitrogens with one attached hydrogen (secondary N) is 1. The lowest BCUT2D eigenvalue weighted by Crippen LogP contribution is -2.52. The van der Waals surface area contributed by atoms with Crippen LogP contribution in [-0.2, 0) is 32.6 Å². The van der Waals surface area contributed by atoms with Gasteiger partial charge in [-0.25, -0.2) is 12.8 Å². The Morgan fingerprint density at radius 3 is 2.22 bits per heavy atom. The quantitative estimate of drug-likeness (QED) is 0.282. The minimum atomic E-state index is -3.80. The van der Waals surface area contributed by atoms with E-state index in [9.17, 15) is 22.4 Å². The van der Waals surface area contributed by atoms with Crippen molar-refractivity contribution in [3.05, 3.63) is 101 Å². The summed E-state index contributed by atoms with van der Waals surface area (Å²) in [4.78, 5) is 29.1. The molecule has 0 unspecified atom stereocenters. The van der Waals surface area contributed by atoms with Crippen LogP contribution in [0.15, 0.2) is 78.9 Å². The van der Waals surface area contributed by atoms with Crippen molar-refractivity contribution >= 4 is 27.5 Å². The third-order valence-corrected chi connectivity index (χ3v) is 8.33. The highest BCUT2D eigenvalue weighted by atomic mass is 32.2. The molecule has 0 fully saturated rings. The number of carbonyl (C=O) groups excluding carboxylic acids is 2. The Labute approximate surface area is 243 Å². The maximum absolute atomic E-state index is 14.5. The number of hydrogen-bond donors (Lipinski definition) is 1. The van der Waals surface area contributed by atoms with Gasteiger partial charge in [0.25, 0.3) is 0 Å². The standard InChI is InChI=1S/C32H40FN3O4S/c1-5-25(3)34-32(38)30(22-26-15-7-6-8-16-26)35(23-27-17-10-9-14-24(27)2)31(37)20-13-21-36(41(4,39)40)29-19-12-11-18-28(29)33/h6-12,14-19,25,30H,5,13,20-23H2,1-4H3,(H,34,38)/t25-,30-/m0/s1. The third-order valence-electron chi connectivity index (χ3n) is 7.15. The smallest absolute Gasteiger partial charge is 0.243 e. The molecule has 0 aliphatic carbocycles. The first-order chi connectivity index (χ1) is 19.5. The second kappa shape index (κ2) is 14.8. The molecule has 3 rings (SSSR count). The number of anilines is 1. The van der Waals surface area contributed by atoms with Crippen LogP contribution in [0.2, 0.25) is 0 Å². The highest BCUT2D eigenvalue weighted by Crippen LogP contribution is 2.23. The molecule has 2 amide bonds. The summed E-state index contributed by atoms with van der Waals surface area (Å²) in [6.45, 7) is 6.01. The van der Waals surface area contributed by atoms with Crippen LogP contribution in [0.4, 0.5) is 10.1 Å². The Balaban J connectivity index is 1.91. The van der Waals surface area contributed by atoms with Crippen molar-refractivity contribution in [2.24, 2.45) is 0 Å². The molecule has 0 saturated heterocycles. The fourth-order valence-electron chi connectivity index (χ4n) is 4.60. The fourth-order valence-corrected chi connectivity index (χ4v) is 5.57. The SMILES string of the molecule is CC[C@H](C)NC(=O)[C@H](Cc1ccccc1)N(Cc1ccccc1C)C(=O)CCCN(c1ccccc1F)S(C)(=O)=O. The van der Waals surface area contributed by atoms with Gasteiger partial charge in [-0.05, 0) is 55.5 Å². The second-order valence-corrected chi connectivity index (χ2v) is 12.3. The Morgan fingerprint density at radius 2 is 1.59 bits per heavy atom. The minimum absolute atomic E-state index is 0.0196. The van der Waals surface area contributed by atoms with Crippen LogP contribution in [0.25, 0.3) is 0 Å². The summed E-state index contributed by atoms with van der Waals surface area (Å²) >= 11 is 0. The number of benzene rings is 3. The maximum atomic E-state index is 14.5. The van der Waals surface area contributed by atoms with Crippen LogP contribution < -0.4 is 9.62 Å². The summed E-state index contributed by atoms with van der Waals surface area (Å²) < 4.78 is 40.5. The van der Waals surface area contributed by atoms with Crippen LogP contribution in [0.5, 0.6) is 0 Å². The van der Waals surface area contributed by atoms with Gasteiger partial charge >= 0.3 is 0 Å². The van der Waals surface area contributed by atoms with Gasteiger partial charge in [0.2, 0.25) is 21.8 Å². The Bertz CT molecular complexity index is 1420. The van der Waals surface area contributed by atoms with E-state index < -0.39 is 21.9 Å². The molecule has 0 aliphatic heterocycles. The van der Waals surface area contributed by atoms with Crippen LogP contribution >= 0.6 is 0 Å². The van der Waals surface area contributed by atoms with Crippen LogP contribution in [0.3, 0.4) is 0 Å². The fraction of sp³-hybridized carbons (Fsp3) is 0.375. The predicted octanol–water partition coefficient (Wildman–Crippen LogP) is 5.24. The van der Waals surface area contributed by atoms with E-state index in [1.54, 1.807) is 11.0 Å². The first kappa shape index (κ1) is 31.8. The first-order valence-electron chi connectivity index (χ1n) is 13.9. The topological polar surface area (TPSA) is 86.8 Å². The highest BCUT2D eigenvalue weighted by Gasteiger charge is 2.31.